The Morgan fingerprint density at radius 1 is 1.33 bits per heavy atom. The van der Waals surface area contributed by atoms with Gasteiger partial charge >= 0.3 is 5.97 Å². The summed E-state index contributed by atoms with van der Waals surface area (Å²) in [5, 5.41) is 8.87. The van der Waals surface area contributed by atoms with E-state index in [9.17, 15) is 4.79 Å². The van der Waals surface area contributed by atoms with E-state index in [2.05, 4.69) is 9.88 Å². The third-order valence-corrected chi connectivity index (χ3v) is 4.71. The Bertz CT molecular complexity index is 794. The molecule has 6 nitrogen and oxygen atoms in total. The van der Waals surface area contributed by atoms with Crippen molar-refractivity contribution in [2.75, 3.05) is 26.2 Å². The van der Waals surface area contributed by atoms with Gasteiger partial charge in [-0.15, -0.1) is 0 Å². The Labute approximate surface area is 159 Å². The monoisotopic (exact) mass is 370 g/mol. The maximum Gasteiger partial charge on any atom is 0.304 e. The molecule has 144 valence electrons. The molecule has 3 rings (SSSR count). The lowest BCUT2D eigenvalue weighted by atomic mass is 10.0. The molecule has 1 saturated heterocycles. The van der Waals surface area contributed by atoms with Crippen LogP contribution in [-0.4, -0.2) is 47.2 Å². The maximum atomic E-state index is 10.8. The fraction of sp³-hybridized carbons (Fsp3) is 0.429. The van der Waals surface area contributed by atoms with Crippen molar-refractivity contribution in [1.82, 2.24) is 9.88 Å². The second-order valence-electron chi connectivity index (χ2n) is 6.88. The SMILES string of the molecule is Cc1cccc(COc2ccc(C3CN(CCC(=O)O)CCO3)c(C)c2)n1. The normalized spacial score (nSPS) is 17.6. The van der Waals surface area contributed by atoms with E-state index in [4.69, 9.17) is 14.6 Å². The van der Waals surface area contributed by atoms with Crippen LogP contribution in [-0.2, 0) is 16.1 Å². The highest BCUT2D eigenvalue weighted by atomic mass is 16.5. The minimum absolute atomic E-state index is 0.0416. The number of morpholine rings is 1. The van der Waals surface area contributed by atoms with E-state index in [1.807, 2.05) is 50.2 Å². The molecule has 1 fully saturated rings. The second-order valence-corrected chi connectivity index (χ2v) is 6.88. The number of ether oxygens (including phenoxy) is 2. The van der Waals surface area contributed by atoms with Crippen molar-refractivity contribution in [2.24, 2.45) is 0 Å². The highest BCUT2D eigenvalue weighted by Crippen LogP contribution is 2.28. The van der Waals surface area contributed by atoms with Gasteiger partial charge in [-0.05, 0) is 49.2 Å². The molecule has 1 aliphatic heterocycles. The topological polar surface area (TPSA) is 71.9 Å². The molecule has 1 aromatic heterocycles. The Hall–Kier alpha value is -2.44. The van der Waals surface area contributed by atoms with Crippen molar-refractivity contribution in [3.8, 4) is 5.75 Å². The fourth-order valence-electron chi connectivity index (χ4n) is 3.28. The van der Waals surface area contributed by atoms with Gasteiger partial charge in [0, 0.05) is 25.3 Å². The van der Waals surface area contributed by atoms with Crippen LogP contribution in [0.2, 0.25) is 0 Å². The van der Waals surface area contributed by atoms with E-state index < -0.39 is 5.97 Å². The van der Waals surface area contributed by atoms with Gasteiger partial charge in [0.2, 0.25) is 0 Å². The van der Waals surface area contributed by atoms with Gasteiger partial charge in [-0.2, -0.15) is 0 Å². The predicted molar refractivity (Wildman–Crippen MR) is 102 cm³/mol. The average Bonchev–Trinajstić information content (AvgIpc) is 2.65. The first kappa shape index (κ1) is 19.3. The summed E-state index contributed by atoms with van der Waals surface area (Å²) in [4.78, 5) is 17.4. The van der Waals surface area contributed by atoms with Crippen molar-refractivity contribution in [3.63, 3.8) is 0 Å². The van der Waals surface area contributed by atoms with Crippen molar-refractivity contribution >= 4 is 5.97 Å². The lowest BCUT2D eigenvalue weighted by molar-refractivity contribution is -0.137. The van der Waals surface area contributed by atoms with Gasteiger partial charge in [-0.1, -0.05) is 12.1 Å². The maximum absolute atomic E-state index is 10.8. The summed E-state index contributed by atoms with van der Waals surface area (Å²) >= 11 is 0. The third-order valence-electron chi connectivity index (χ3n) is 4.71. The highest BCUT2D eigenvalue weighted by molar-refractivity contribution is 5.66. The minimum Gasteiger partial charge on any atom is -0.487 e. The van der Waals surface area contributed by atoms with Crippen LogP contribution in [0.15, 0.2) is 36.4 Å². The Morgan fingerprint density at radius 2 is 2.19 bits per heavy atom. The summed E-state index contributed by atoms with van der Waals surface area (Å²) < 4.78 is 11.8. The number of carbonyl (C=O) groups is 1. The van der Waals surface area contributed by atoms with Gasteiger partial charge in [-0.25, -0.2) is 0 Å². The number of hydrogen-bond acceptors (Lipinski definition) is 5. The zero-order valence-corrected chi connectivity index (χ0v) is 15.9. The van der Waals surface area contributed by atoms with Crippen LogP contribution in [0.5, 0.6) is 5.75 Å². The third kappa shape index (κ3) is 5.52. The number of carboxylic acids is 1. The number of aromatic nitrogens is 1. The minimum atomic E-state index is -0.765. The molecule has 0 aliphatic carbocycles. The van der Waals surface area contributed by atoms with Crippen LogP contribution in [0.1, 0.15) is 35.0 Å². The number of benzene rings is 1. The summed E-state index contributed by atoms with van der Waals surface area (Å²) in [6, 6.07) is 11.9. The molecule has 1 aliphatic rings. The van der Waals surface area contributed by atoms with Crippen molar-refractivity contribution in [3.05, 3.63) is 58.9 Å². The second kappa shape index (κ2) is 8.97. The zero-order valence-electron chi connectivity index (χ0n) is 15.9. The van der Waals surface area contributed by atoms with Gasteiger partial charge in [0.1, 0.15) is 12.4 Å². The molecule has 1 N–H and O–H groups in total. The van der Waals surface area contributed by atoms with Crippen LogP contribution in [0, 0.1) is 13.8 Å². The zero-order chi connectivity index (χ0) is 19.2. The number of aliphatic carboxylic acids is 1. The van der Waals surface area contributed by atoms with Crippen LogP contribution in [0.3, 0.4) is 0 Å². The predicted octanol–water partition coefficient (Wildman–Crippen LogP) is 3.13. The largest absolute Gasteiger partial charge is 0.487 e. The molecular formula is C21H26N2O4. The number of nitrogens with zero attached hydrogens (tertiary/aromatic N) is 2. The summed E-state index contributed by atoms with van der Waals surface area (Å²) in [7, 11) is 0. The molecule has 1 aromatic carbocycles. The van der Waals surface area contributed by atoms with Crippen LogP contribution in [0.4, 0.5) is 0 Å². The van der Waals surface area contributed by atoms with Gasteiger partial charge in [0.05, 0.1) is 24.8 Å². The first-order valence-corrected chi connectivity index (χ1v) is 9.23. The first-order chi connectivity index (χ1) is 13.0. The quantitative estimate of drug-likeness (QED) is 0.807. The first-order valence-electron chi connectivity index (χ1n) is 9.23. The molecule has 0 spiro atoms. The highest BCUT2D eigenvalue weighted by Gasteiger charge is 2.23. The molecule has 0 saturated carbocycles. The fourth-order valence-corrected chi connectivity index (χ4v) is 3.28. The standard InChI is InChI=1S/C21H26N2O4/c1-15-12-18(27-14-17-5-3-4-16(2)22-17)6-7-19(15)20-13-23(10-11-26-20)9-8-21(24)25/h3-7,12,20H,8-11,13-14H2,1-2H3,(H,24,25). The van der Waals surface area contributed by atoms with Crippen molar-refractivity contribution < 1.29 is 19.4 Å². The number of aryl methyl sites for hydroxylation is 2. The Balaban J connectivity index is 1.61. The van der Waals surface area contributed by atoms with Gasteiger partial charge < -0.3 is 14.6 Å². The van der Waals surface area contributed by atoms with Gasteiger partial charge in [0.25, 0.3) is 0 Å². The number of pyridine rings is 1. The van der Waals surface area contributed by atoms with E-state index in [0.717, 1.165) is 34.8 Å². The molecule has 2 aromatic rings. The number of carboxylic acid groups (broad SMARTS) is 1. The molecular weight excluding hydrogens is 344 g/mol. The van der Waals surface area contributed by atoms with E-state index >= 15 is 0 Å². The summed E-state index contributed by atoms with van der Waals surface area (Å²) in [6.07, 6.45) is 0.117. The molecule has 27 heavy (non-hydrogen) atoms. The summed E-state index contributed by atoms with van der Waals surface area (Å²) in [6.45, 7) is 7.09. The van der Waals surface area contributed by atoms with Crippen molar-refractivity contribution in [2.45, 2.75) is 33.0 Å². The summed E-state index contributed by atoms with van der Waals surface area (Å²) in [5.41, 5.74) is 4.11. The smallest absolute Gasteiger partial charge is 0.304 e. The molecule has 6 heteroatoms. The van der Waals surface area contributed by atoms with E-state index in [1.54, 1.807) is 0 Å². The molecule has 0 amide bonds. The van der Waals surface area contributed by atoms with Gasteiger partial charge in [0.15, 0.2) is 0 Å². The molecule has 2 heterocycles. The van der Waals surface area contributed by atoms with Crippen molar-refractivity contribution in [1.29, 1.82) is 0 Å². The molecule has 0 bridgehead atoms. The Morgan fingerprint density at radius 3 is 2.93 bits per heavy atom. The van der Waals surface area contributed by atoms with E-state index in [0.29, 0.717) is 26.3 Å². The average molecular weight is 370 g/mol. The lowest BCUT2D eigenvalue weighted by Crippen LogP contribution is -2.39. The van der Waals surface area contributed by atoms with E-state index in [1.165, 1.54) is 0 Å². The number of hydrogen-bond donors (Lipinski definition) is 1. The molecule has 0 radical (unpaired) electrons. The lowest BCUT2D eigenvalue weighted by Gasteiger charge is -2.33. The van der Waals surface area contributed by atoms with Gasteiger partial charge in [-0.3, -0.25) is 14.7 Å². The number of rotatable bonds is 7. The molecule has 1 unspecified atom stereocenters. The van der Waals surface area contributed by atoms with Crippen LogP contribution >= 0.6 is 0 Å². The van der Waals surface area contributed by atoms with Crippen LogP contribution < -0.4 is 4.74 Å². The summed E-state index contributed by atoms with van der Waals surface area (Å²) in [5.74, 6) is 0.0388. The molecule has 1 atom stereocenters. The van der Waals surface area contributed by atoms with E-state index in [-0.39, 0.29) is 12.5 Å². The Kier molecular flexibility index (Phi) is 6.42. The van der Waals surface area contributed by atoms with Crippen LogP contribution in [0.25, 0.3) is 0 Å².